The molecule has 0 unspecified atom stereocenters. The minimum atomic E-state index is 0.734. The molecular weight excluding hydrogens is 206 g/mol. The molecule has 1 aliphatic heterocycles. The summed E-state index contributed by atoms with van der Waals surface area (Å²) in [5, 5.41) is 0.973. The molecular formula is C13H16ClN. The number of nitrogens with zero attached hydrogens (tertiary/aromatic N) is 1. The maximum absolute atomic E-state index is 6.26. The predicted molar refractivity (Wildman–Crippen MR) is 63.5 cm³/mol. The van der Waals surface area contributed by atoms with Crippen molar-refractivity contribution in [1.82, 2.24) is 4.90 Å². The lowest BCUT2D eigenvalue weighted by Gasteiger charge is -2.27. The number of fused-ring (bicyclic) bond motifs is 3. The van der Waals surface area contributed by atoms with E-state index >= 15 is 0 Å². The number of likely N-dealkylation sites (N-methyl/N-ethyl adjacent to an activating group) is 1. The summed E-state index contributed by atoms with van der Waals surface area (Å²) in [5.74, 6) is 1.60. The molecule has 15 heavy (non-hydrogen) atoms. The molecule has 1 aromatic carbocycles. The Kier molecular flexibility index (Phi) is 2.26. The minimum absolute atomic E-state index is 0.734. The van der Waals surface area contributed by atoms with E-state index in [1.54, 1.807) is 0 Å². The molecule has 2 aliphatic rings. The number of halogens is 1. The molecule has 3 rings (SSSR count). The average molecular weight is 222 g/mol. The summed E-state index contributed by atoms with van der Waals surface area (Å²) in [5.41, 5.74) is 2.93. The van der Waals surface area contributed by atoms with Gasteiger partial charge in [-0.05, 0) is 43.0 Å². The first-order valence-electron chi connectivity index (χ1n) is 5.71. The predicted octanol–water partition coefficient (Wildman–Crippen LogP) is 2.93. The fraction of sp³-hybridized carbons (Fsp3) is 0.538. The maximum atomic E-state index is 6.26. The molecule has 1 aliphatic carbocycles. The van der Waals surface area contributed by atoms with Gasteiger partial charge in [0.25, 0.3) is 0 Å². The van der Waals surface area contributed by atoms with Crippen molar-refractivity contribution >= 4 is 11.6 Å². The highest BCUT2D eigenvalue weighted by molar-refractivity contribution is 6.31. The Labute approximate surface area is 96.0 Å². The molecule has 0 amide bonds. The summed E-state index contributed by atoms with van der Waals surface area (Å²) in [4.78, 5) is 2.45. The third-order valence-corrected chi connectivity index (χ3v) is 4.30. The van der Waals surface area contributed by atoms with E-state index in [1.807, 2.05) is 6.07 Å². The first-order valence-corrected chi connectivity index (χ1v) is 6.09. The minimum Gasteiger partial charge on any atom is -0.305 e. The van der Waals surface area contributed by atoms with Crippen LogP contribution in [0.25, 0.3) is 0 Å². The molecule has 1 nitrogen and oxygen atoms in total. The zero-order chi connectivity index (χ0) is 10.4. The van der Waals surface area contributed by atoms with Crippen LogP contribution in [0.15, 0.2) is 18.2 Å². The number of benzene rings is 1. The van der Waals surface area contributed by atoms with Gasteiger partial charge in [-0.15, -0.1) is 0 Å². The van der Waals surface area contributed by atoms with Gasteiger partial charge < -0.3 is 4.90 Å². The highest BCUT2D eigenvalue weighted by Gasteiger charge is 2.36. The Bertz CT molecular complexity index is 388. The molecule has 80 valence electrons. The molecule has 1 saturated heterocycles. The van der Waals surface area contributed by atoms with Crippen molar-refractivity contribution in [1.29, 1.82) is 0 Å². The molecule has 2 heteroatoms. The summed E-state index contributed by atoms with van der Waals surface area (Å²) in [6.07, 6.45) is 2.48. The fourth-order valence-electron chi connectivity index (χ4n) is 3.25. The van der Waals surface area contributed by atoms with E-state index in [0.717, 1.165) is 16.9 Å². The Morgan fingerprint density at radius 2 is 2.20 bits per heavy atom. The Morgan fingerprint density at radius 3 is 3.07 bits per heavy atom. The van der Waals surface area contributed by atoms with Gasteiger partial charge in [0.05, 0.1) is 0 Å². The van der Waals surface area contributed by atoms with Crippen LogP contribution in [0.4, 0.5) is 0 Å². The van der Waals surface area contributed by atoms with Crippen molar-refractivity contribution in [2.75, 3.05) is 20.1 Å². The molecule has 0 saturated carbocycles. The largest absolute Gasteiger partial charge is 0.305 e. The molecule has 0 radical (unpaired) electrons. The molecule has 0 bridgehead atoms. The molecule has 0 spiro atoms. The first kappa shape index (κ1) is 9.68. The summed E-state index contributed by atoms with van der Waals surface area (Å²) in [6, 6.07) is 6.40. The Morgan fingerprint density at radius 1 is 1.33 bits per heavy atom. The first-order chi connectivity index (χ1) is 7.25. The van der Waals surface area contributed by atoms with Gasteiger partial charge in [-0.1, -0.05) is 23.7 Å². The normalized spacial score (nSPS) is 30.0. The van der Waals surface area contributed by atoms with Crippen molar-refractivity contribution in [3.05, 3.63) is 34.3 Å². The van der Waals surface area contributed by atoms with Gasteiger partial charge in [-0.25, -0.2) is 0 Å². The quantitative estimate of drug-likeness (QED) is 0.651. The second-order valence-electron chi connectivity index (χ2n) is 4.93. The van der Waals surface area contributed by atoms with Crippen molar-refractivity contribution in [2.45, 2.75) is 18.8 Å². The van der Waals surface area contributed by atoms with Gasteiger partial charge in [0, 0.05) is 24.0 Å². The fourth-order valence-corrected chi connectivity index (χ4v) is 3.52. The Hall–Kier alpha value is -0.530. The molecule has 0 N–H and O–H groups in total. The third kappa shape index (κ3) is 1.49. The summed E-state index contributed by atoms with van der Waals surface area (Å²) in [7, 11) is 2.22. The van der Waals surface area contributed by atoms with Gasteiger partial charge in [0.2, 0.25) is 0 Å². The van der Waals surface area contributed by atoms with E-state index in [-0.39, 0.29) is 0 Å². The molecule has 1 aromatic rings. The SMILES string of the molecule is CN1C[C@@H]2CCc3c(Cl)cccc3[C@@H]2C1. The third-order valence-electron chi connectivity index (χ3n) is 3.94. The summed E-state index contributed by atoms with van der Waals surface area (Å²) < 4.78 is 0. The van der Waals surface area contributed by atoms with Crippen LogP contribution in [-0.4, -0.2) is 25.0 Å². The van der Waals surface area contributed by atoms with Crippen LogP contribution >= 0.6 is 11.6 Å². The molecule has 1 fully saturated rings. The van der Waals surface area contributed by atoms with Crippen molar-refractivity contribution in [3.8, 4) is 0 Å². The van der Waals surface area contributed by atoms with Gasteiger partial charge in [0.1, 0.15) is 0 Å². The van der Waals surface area contributed by atoms with Crippen LogP contribution in [0, 0.1) is 5.92 Å². The number of rotatable bonds is 0. The molecule has 0 aromatic heterocycles. The van der Waals surface area contributed by atoms with E-state index in [2.05, 4.69) is 24.1 Å². The average Bonchev–Trinajstić information content (AvgIpc) is 2.59. The van der Waals surface area contributed by atoms with Crippen LogP contribution in [0.3, 0.4) is 0 Å². The van der Waals surface area contributed by atoms with Gasteiger partial charge in [0.15, 0.2) is 0 Å². The van der Waals surface area contributed by atoms with Crippen molar-refractivity contribution in [3.63, 3.8) is 0 Å². The molecule has 2 atom stereocenters. The second kappa shape index (κ2) is 3.50. The zero-order valence-corrected chi connectivity index (χ0v) is 9.80. The zero-order valence-electron chi connectivity index (χ0n) is 9.04. The van der Waals surface area contributed by atoms with Crippen LogP contribution in [-0.2, 0) is 6.42 Å². The van der Waals surface area contributed by atoms with Crippen LogP contribution in [0.1, 0.15) is 23.5 Å². The van der Waals surface area contributed by atoms with Crippen LogP contribution in [0.2, 0.25) is 5.02 Å². The van der Waals surface area contributed by atoms with Crippen molar-refractivity contribution < 1.29 is 0 Å². The molecule has 1 heterocycles. The van der Waals surface area contributed by atoms with Crippen molar-refractivity contribution in [2.24, 2.45) is 5.92 Å². The van der Waals surface area contributed by atoms with Gasteiger partial charge in [-0.3, -0.25) is 0 Å². The van der Waals surface area contributed by atoms with E-state index in [0.29, 0.717) is 0 Å². The summed E-state index contributed by atoms with van der Waals surface area (Å²) >= 11 is 6.26. The van der Waals surface area contributed by atoms with Gasteiger partial charge in [-0.2, -0.15) is 0 Å². The van der Waals surface area contributed by atoms with E-state index < -0.39 is 0 Å². The number of hydrogen-bond donors (Lipinski definition) is 0. The highest BCUT2D eigenvalue weighted by atomic mass is 35.5. The van der Waals surface area contributed by atoms with Crippen LogP contribution < -0.4 is 0 Å². The smallest absolute Gasteiger partial charge is 0.0440 e. The van der Waals surface area contributed by atoms with E-state index in [4.69, 9.17) is 11.6 Å². The topological polar surface area (TPSA) is 3.24 Å². The highest BCUT2D eigenvalue weighted by Crippen LogP contribution is 2.42. The second-order valence-corrected chi connectivity index (χ2v) is 5.34. The van der Waals surface area contributed by atoms with Gasteiger partial charge >= 0.3 is 0 Å². The standard InChI is InChI=1S/C13H16ClN/c1-15-7-9-5-6-11-10(12(9)8-15)3-2-4-13(11)14/h2-4,9,12H,5-8H2,1H3/t9-,12+/m0/s1. The number of hydrogen-bond acceptors (Lipinski definition) is 1. The van der Waals surface area contributed by atoms with Crippen LogP contribution in [0.5, 0.6) is 0 Å². The maximum Gasteiger partial charge on any atom is 0.0440 e. The van der Waals surface area contributed by atoms with E-state index in [1.165, 1.54) is 37.1 Å². The lowest BCUT2D eigenvalue weighted by atomic mass is 9.77. The Balaban J connectivity index is 2.05. The van der Waals surface area contributed by atoms with E-state index in [9.17, 15) is 0 Å². The lowest BCUT2D eigenvalue weighted by Crippen LogP contribution is -2.19. The number of likely N-dealkylation sites (tertiary alicyclic amines) is 1. The monoisotopic (exact) mass is 221 g/mol. The lowest BCUT2D eigenvalue weighted by molar-refractivity contribution is 0.387. The summed E-state index contributed by atoms with van der Waals surface area (Å²) in [6.45, 7) is 2.47.